The molecule has 0 radical (unpaired) electrons. The number of hydrogen-bond acceptors (Lipinski definition) is 1. The summed E-state index contributed by atoms with van der Waals surface area (Å²) in [7, 11) is 2.09. The van der Waals surface area contributed by atoms with Crippen molar-refractivity contribution in [1.82, 2.24) is 4.57 Å². The van der Waals surface area contributed by atoms with Crippen LogP contribution in [0.15, 0.2) is 18.3 Å². The lowest BCUT2D eigenvalue weighted by molar-refractivity contribution is 0.932. The maximum atomic E-state index is 5.65. The van der Waals surface area contributed by atoms with E-state index in [9.17, 15) is 0 Å². The number of rotatable bonds is 2. The SMILES string of the molecule is Cc1cc2ccn(C)c2c(C)c1CCN. The Kier molecular flexibility index (Phi) is 2.53. The van der Waals surface area contributed by atoms with E-state index in [1.807, 2.05) is 0 Å². The molecule has 1 heterocycles. The van der Waals surface area contributed by atoms with Crippen LogP contribution < -0.4 is 5.73 Å². The molecule has 0 saturated heterocycles. The first-order valence-corrected chi connectivity index (χ1v) is 5.39. The molecule has 0 fully saturated rings. The fourth-order valence-corrected chi connectivity index (χ4v) is 2.43. The van der Waals surface area contributed by atoms with E-state index in [0.717, 1.165) is 13.0 Å². The number of hydrogen-bond donors (Lipinski definition) is 1. The molecule has 0 unspecified atom stereocenters. The highest BCUT2D eigenvalue weighted by Crippen LogP contribution is 2.25. The zero-order valence-electron chi connectivity index (χ0n) is 9.67. The van der Waals surface area contributed by atoms with Gasteiger partial charge in [0.15, 0.2) is 0 Å². The van der Waals surface area contributed by atoms with E-state index in [4.69, 9.17) is 5.73 Å². The summed E-state index contributed by atoms with van der Waals surface area (Å²) in [5.41, 5.74) is 11.1. The highest BCUT2D eigenvalue weighted by Gasteiger charge is 2.09. The summed E-state index contributed by atoms with van der Waals surface area (Å²) in [5.74, 6) is 0. The lowest BCUT2D eigenvalue weighted by atomic mass is 9.97. The summed E-state index contributed by atoms with van der Waals surface area (Å²) < 4.78 is 2.18. The van der Waals surface area contributed by atoms with Crippen molar-refractivity contribution in [1.29, 1.82) is 0 Å². The Morgan fingerprint density at radius 2 is 2.07 bits per heavy atom. The van der Waals surface area contributed by atoms with Crippen molar-refractivity contribution in [3.05, 3.63) is 35.0 Å². The van der Waals surface area contributed by atoms with Gasteiger partial charge in [0.05, 0.1) is 5.52 Å². The quantitative estimate of drug-likeness (QED) is 0.796. The van der Waals surface area contributed by atoms with Crippen molar-refractivity contribution in [3.8, 4) is 0 Å². The Bertz CT molecular complexity index is 495. The number of aryl methyl sites for hydroxylation is 3. The van der Waals surface area contributed by atoms with Gasteiger partial charge in [-0.05, 0) is 55.6 Å². The van der Waals surface area contributed by atoms with E-state index in [1.54, 1.807) is 0 Å². The van der Waals surface area contributed by atoms with Crippen molar-refractivity contribution in [2.24, 2.45) is 12.8 Å². The fourth-order valence-electron chi connectivity index (χ4n) is 2.43. The molecule has 2 rings (SSSR count). The predicted molar refractivity (Wildman–Crippen MR) is 65.2 cm³/mol. The van der Waals surface area contributed by atoms with E-state index in [-0.39, 0.29) is 0 Å². The zero-order chi connectivity index (χ0) is 11.0. The van der Waals surface area contributed by atoms with Gasteiger partial charge in [-0.3, -0.25) is 0 Å². The first kappa shape index (κ1) is 10.2. The summed E-state index contributed by atoms with van der Waals surface area (Å²) in [6.07, 6.45) is 3.09. The Labute approximate surface area is 90.7 Å². The highest BCUT2D eigenvalue weighted by atomic mass is 14.9. The van der Waals surface area contributed by atoms with Gasteiger partial charge >= 0.3 is 0 Å². The fraction of sp³-hybridized carbons (Fsp3) is 0.385. The molecule has 0 bridgehead atoms. The second-order valence-electron chi connectivity index (χ2n) is 4.20. The molecule has 1 aromatic carbocycles. The van der Waals surface area contributed by atoms with Crippen LogP contribution in [-0.4, -0.2) is 11.1 Å². The van der Waals surface area contributed by atoms with Crippen LogP contribution in [0.5, 0.6) is 0 Å². The molecule has 0 atom stereocenters. The summed E-state index contributed by atoms with van der Waals surface area (Å²) in [4.78, 5) is 0. The molecule has 0 spiro atoms. The van der Waals surface area contributed by atoms with Crippen molar-refractivity contribution in [2.45, 2.75) is 20.3 Å². The van der Waals surface area contributed by atoms with Gasteiger partial charge in [0, 0.05) is 18.6 Å². The second-order valence-corrected chi connectivity index (χ2v) is 4.20. The first-order valence-electron chi connectivity index (χ1n) is 5.39. The topological polar surface area (TPSA) is 30.9 Å². The van der Waals surface area contributed by atoms with Crippen LogP contribution in [0.1, 0.15) is 16.7 Å². The Hall–Kier alpha value is -1.28. The lowest BCUT2D eigenvalue weighted by Crippen LogP contribution is -2.06. The number of benzene rings is 1. The molecule has 2 N–H and O–H groups in total. The number of nitrogens with zero attached hydrogens (tertiary/aromatic N) is 1. The van der Waals surface area contributed by atoms with E-state index >= 15 is 0 Å². The van der Waals surface area contributed by atoms with Crippen LogP contribution >= 0.6 is 0 Å². The van der Waals surface area contributed by atoms with Crippen molar-refractivity contribution in [3.63, 3.8) is 0 Å². The largest absolute Gasteiger partial charge is 0.350 e. The standard InChI is InChI=1S/C13H18N2/c1-9-8-11-5-7-15(3)13(11)10(2)12(9)4-6-14/h5,7-8H,4,6,14H2,1-3H3. The molecule has 80 valence electrons. The molecule has 1 aromatic heterocycles. The molecule has 15 heavy (non-hydrogen) atoms. The molecule has 2 heteroatoms. The van der Waals surface area contributed by atoms with E-state index < -0.39 is 0 Å². The molecule has 2 nitrogen and oxygen atoms in total. The number of fused-ring (bicyclic) bond motifs is 1. The van der Waals surface area contributed by atoms with Crippen molar-refractivity contribution in [2.75, 3.05) is 6.54 Å². The smallest absolute Gasteiger partial charge is 0.0510 e. The first-order chi connectivity index (χ1) is 7.15. The van der Waals surface area contributed by atoms with E-state index in [0.29, 0.717) is 0 Å². The van der Waals surface area contributed by atoms with Crippen LogP contribution in [-0.2, 0) is 13.5 Å². The molecule has 0 aliphatic heterocycles. The Balaban J connectivity index is 2.75. The van der Waals surface area contributed by atoms with Gasteiger partial charge in [0.25, 0.3) is 0 Å². The van der Waals surface area contributed by atoms with Gasteiger partial charge in [-0.2, -0.15) is 0 Å². The number of aromatic nitrogens is 1. The maximum absolute atomic E-state index is 5.65. The lowest BCUT2D eigenvalue weighted by Gasteiger charge is -2.11. The minimum Gasteiger partial charge on any atom is -0.350 e. The minimum atomic E-state index is 0.720. The average molecular weight is 202 g/mol. The van der Waals surface area contributed by atoms with Gasteiger partial charge in [0.2, 0.25) is 0 Å². The zero-order valence-corrected chi connectivity index (χ0v) is 9.67. The average Bonchev–Trinajstić information content (AvgIpc) is 2.54. The molecular weight excluding hydrogens is 184 g/mol. The van der Waals surface area contributed by atoms with Crippen LogP contribution in [0.2, 0.25) is 0 Å². The maximum Gasteiger partial charge on any atom is 0.0510 e. The number of nitrogens with two attached hydrogens (primary N) is 1. The molecule has 0 saturated carbocycles. The van der Waals surface area contributed by atoms with Gasteiger partial charge < -0.3 is 10.3 Å². The van der Waals surface area contributed by atoms with Crippen molar-refractivity contribution < 1.29 is 0 Å². The third-order valence-corrected chi connectivity index (χ3v) is 3.15. The van der Waals surface area contributed by atoms with E-state index in [1.165, 1.54) is 27.6 Å². The summed E-state index contributed by atoms with van der Waals surface area (Å²) >= 11 is 0. The summed E-state index contributed by atoms with van der Waals surface area (Å²) in [6, 6.07) is 4.43. The molecule has 2 aromatic rings. The minimum absolute atomic E-state index is 0.720. The van der Waals surface area contributed by atoms with E-state index in [2.05, 4.69) is 43.8 Å². The van der Waals surface area contributed by atoms with Crippen molar-refractivity contribution >= 4 is 10.9 Å². The second kappa shape index (κ2) is 3.70. The molecular formula is C13H18N2. The third-order valence-electron chi connectivity index (χ3n) is 3.15. The third kappa shape index (κ3) is 1.55. The van der Waals surface area contributed by atoms with Gasteiger partial charge in [-0.25, -0.2) is 0 Å². The Morgan fingerprint density at radius 1 is 1.33 bits per heavy atom. The van der Waals surface area contributed by atoms with Crippen LogP contribution in [0.4, 0.5) is 0 Å². The van der Waals surface area contributed by atoms with Gasteiger partial charge in [-0.1, -0.05) is 0 Å². The molecule has 0 aliphatic carbocycles. The van der Waals surface area contributed by atoms with Crippen LogP contribution in [0, 0.1) is 13.8 Å². The monoisotopic (exact) mass is 202 g/mol. The summed E-state index contributed by atoms with van der Waals surface area (Å²) in [5, 5.41) is 1.33. The molecule has 0 aliphatic rings. The highest BCUT2D eigenvalue weighted by molar-refractivity contribution is 5.85. The normalized spacial score (nSPS) is 11.2. The Morgan fingerprint density at radius 3 is 2.73 bits per heavy atom. The van der Waals surface area contributed by atoms with Gasteiger partial charge in [-0.15, -0.1) is 0 Å². The van der Waals surface area contributed by atoms with Crippen LogP contribution in [0.25, 0.3) is 10.9 Å². The molecule has 0 amide bonds. The predicted octanol–water partition coefficient (Wildman–Crippen LogP) is 2.30. The van der Waals surface area contributed by atoms with Gasteiger partial charge in [0.1, 0.15) is 0 Å². The van der Waals surface area contributed by atoms with Crippen LogP contribution in [0.3, 0.4) is 0 Å². The summed E-state index contributed by atoms with van der Waals surface area (Å²) in [6.45, 7) is 5.09.